The molecule has 0 bridgehead atoms. The fraction of sp³-hybridized carbons (Fsp3) is 0.455. The van der Waals surface area contributed by atoms with Gasteiger partial charge in [-0.3, -0.25) is 0 Å². The molecule has 0 aromatic heterocycles. The Morgan fingerprint density at radius 3 is 2.92 bits per heavy atom. The zero-order valence-corrected chi connectivity index (χ0v) is 7.86. The van der Waals surface area contributed by atoms with Crippen molar-refractivity contribution in [3.8, 4) is 0 Å². The Bertz CT molecular complexity index is 298. The standard InChI is InChI=1S/C11H15NO/c1-2-13-10-7-8-5-3-4-6-9(8)11(10)12/h3-6,10-11H,2,7,12H2,1H3/t10-,11?/m0/s1. The van der Waals surface area contributed by atoms with Crippen LogP contribution in [0, 0.1) is 0 Å². The van der Waals surface area contributed by atoms with E-state index < -0.39 is 0 Å². The third kappa shape index (κ3) is 1.47. The highest BCUT2D eigenvalue weighted by Gasteiger charge is 2.29. The molecule has 0 saturated heterocycles. The van der Waals surface area contributed by atoms with Crippen LogP contribution in [0.3, 0.4) is 0 Å². The van der Waals surface area contributed by atoms with Gasteiger partial charge in [0.15, 0.2) is 0 Å². The minimum Gasteiger partial charge on any atom is -0.376 e. The average Bonchev–Trinajstić information content (AvgIpc) is 2.46. The summed E-state index contributed by atoms with van der Waals surface area (Å²) in [6.45, 7) is 2.75. The van der Waals surface area contributed by atoms with E-state index in [1.807, 2.05) is 13.0 Å². The molecule has 1 aromatic carbocycles. The van der Waals surface area contributed by atoms with Gasteiger partial charge in [0.1, 0.15) is 0 Å². The first-order valence-electron chi connectivity index (χ1n) is 4.78. The fourth-order valence-corrected chi connectivity index (χ4v) is 1.97. The molecular formula is C11H15NO. The Balaban J connectivity index is 2.22. The van der Waals surface area contributed by atoms with Crippen LogP contribution in [0.2, 0.25) is 0 Å². The summed E-state index contributed by atoms with van der Waals surface area (Å²) in [5, 5.41) is 0. The molecule has 1 aliphatic carbocycles. The van der Waals surface area contributed by atoms with Gasteiger partial charge in [-0.05, 0) is 18.1 Å². The molecule has 1 aliphatic rings. The Hall–Kier alpha value is -0.860. The Kier molecular flexibility index (Phi) is 2.34. The van der Waals surface area contributed by atoms with E-state index in [2.05, 4.69) is 18.2 Å². The molecular weight excluding hydrogens is 162 g/mol. The highest BCUT2D eigenvalue weighted by atomic mass is 16.5. The molecule has 0 aliphatic heterocycles. The van der Waals surface area contributed by atoms with Crippen LogP contribution >= 0.6 is 0 Å². The van der Waals surface area contributed by atoms with Gasteiger partial charge in [-0.1, -0.05) is 24.3 Å². The lowest BCUT2D eigenvalue weighted by molar-refractivity contribution is 0.0529. The van der Waals surface area contributed by atoms with Crippen LogP contribution in [0.5, 0.6) is 0 Å². The van der Waals surface area contributed by atoms with Crippen LogP contribution in [0.4, 0.5) is 0 Å². The van der Waals surface area contributed by atoms with Crippen molar-refractivity contribution >= 4 is 0 Å². The maximum absolute atomic E-state index is 6.05. The molecule has 0 heterocycles. The second kappa shape index (κ2) is 3.48. The van der Waals surface area contributed by atoms with Crippen molar-refractivity contribution in [1.29, 1.82) is 0 Å². The first-order valence-corrected chi connectivity index (χ1v) is 4.78. The molecule has 0 amide bonds. The molecule has 0 saturated carbocycles. The SMILES string of the molecule is CCO[C@H]1Cc2ccccc2C1N. The number of nitrogens with two attached hydrogens (primary N) is 1. The number of fused-ring (bicyclic) bond motifs is 1. The van der Waals surface area contributed by atoms with Crippen molar-refractivity contribution in [2.75, 3.05) is 6.61 Å². The summed E-state index contributed by atoms with van der Waals surface area (Å²) in [5.74, 6) is 0. The average molecular weight is 177 g/mol. The van der Waals surface area contributed by atoms with Crippen molar-refractivity contribution in [1.82, 2.24) is 0 Å². The summed E-state index contributed by atoms with van der Waals surface area (Å²) in [7, 11) is 0. The topological polar surface area (TPSA) is 35.2 Å². The fourth-order valence-electron chi connectivity index (χ4n) is 1.97. The zero-order valence-electron chi connectivity index (χ0n) is 7.86. The summed E-state index contributed by atoms with van der Waals surface area (Å²) in [4.78, 5) is 0. The Morgan fingerprint density at radius 2 is 2.23 bits per heavy atom. The molecule has 2 N–H and O–H groups in total. The van der Waals surface area contributed by atoms with Crippen molar-refractivity contribution < 1.29 is 4.74 Å². The predicted octanol–water partition coefficient (Wildman–Crippen LogP) is 1.65. The number of benzene rings is 1. The maximum Gasteiger partial charge on any atom is 0.0807 e. The molecule has 0 fully saturated rings. The van der Waals surface area contributed by atoms with Crippen LogP contribution in [0.15, 0.2) is 24.3 Å². The van der Waals surface area contributed by atoms with E-state index in [0.29, 0.717) is 0 Å². The molecule has 2 heteroatoms. The lowest BCUT2D eigenvalue weighted by atomic mass is 10.1. The van der Waals surface area contributed by atoms with Crippen LogP contribution < -0.4 is 5.73 Å². The lowest BCUT2D eigenvalue weighted by Gasteiger charge is -2.15. The van der Waals surface area contributed by atoms with Gasteiger partial charge in [-0.2, -0.15) is 0 Å². The van der Waals surface area contributed by atoms with Crippen LogP contribution in [-0.2, 0) is 11.2 Å². The normalized spacial score (nSPS) is 26.0. The van der Waals surface area contributed by atoms with Crippen molar-refractivity contribution in [2.24, 2.45) is 5.73 Å². The van der Waals surface area contributed by atoms with Crippen LogP contribution in [-0.4, -0.2) is 12.7 Å². The van der Waals surface area contributed by atoms with E-state index in [1.165, 1.54) is 11.1 Å². The largest absolute Gasteiger partial charge is 0.376 e. The monoisotopic (exact) mass is 177 g/mol. The smallest absolute Gasteiger partial charge is 0.0807 e. The summed E-state index contributed by atoms with van der Waals surface area (Å²) in [5.41, 5.74) is 8.64. The van der Waals surface area contributed by atoms with E-state index >= 15 is 0 Å². The van der Waals surface area contributed by atoms with E-state index in [1.54, 1.807) is 0 Å². The minimum absolute atomic E-state index is 0.0659. The number of hydrogen-bond donors (Lipinski definition) is 1. The summed E-state index contributed by atoms with van der Waals surface area (Å²) < 4.78 is 5.57. The summed E-state index contributed by atoms with van der Waals surface area (Å²) >= 11 is 0. The maximum atomic E-state index is 6.05. The molecule has 13 heavy (non-hydrogen) atoms. The number of hydrogen-bond acceptors (Lipinski definition) is 2. The molecule has 0 radical (unpaired) electrons. The molecule has 2 nitrogen and oxygen atoms in total. The second-order valence-corrected chi connectivity index (χ2v) is 3.42. The molecule has 0 spiro atoms. The van der Waals surface area contributed by atoms with Crippen molar-refractivity contribution in [2.45, 2.75) is 25.5 Å². The van der Waals surface area contributed by atoms with Crippen LogP contribution in [0.1, 0.15) is 24.1 Å². The van der Waals surface area contributed by atoms with Crippen molar-refractivity contribution in [3.63, 3.8) is 0 Å². The van der Waals surface area contributed by atoms with E-state index in [0.717, 1.165) is 13.0 Å². The molecule has 2 rings (SSSR count). The summed E-state index contributed by atoms with van der Waals surface area (Å²) in [6.07, 6.45) is 1.15. The lowest BCUT2D eigenvalue weighted by Crippen LogP contribution is -2.24. The first-order chi connectivity index (χ1) is 6.33. The van der Waals surface area contributed by atoms with Gasteiger partial charge in [-0.15, -0.1) is 0 Å². The van der Waals surface area contributed by atoms with Gasteiger partial charge in [0.05, 0.1) is 12.1 Å². The first kappa shape index (κ1) is 8.73. The van der Waals surface area contributed by atoms with E-state index in [4.69, 9.17) is 10.5 Å². The quantitative estimate of drug-likeness (QED) is 0.745. The molecule has 70 valence electrons. The van der Waals surface area contributed by atoms with E-state index in [-0.39, 0.29) is 12.1 Å². The van der Waals surface area contributed by atoms with Crippen LogP contribution in [0.25, 0.3) is 0 Å². The van der Waals surface area contributed by atoms with Gasteiger partial charge in [0, 0.05) is 13.0 Å². The van der Waals surface area contributed by atoms with Gasteiger partial charge < -0.3 is 10.5 Å². The van der Waals surface area contributed by atoms with Gasteiger partial charge in [-0.25, -0.2) is 0 Å². The second-order valence-electron chi connectivity index (χ2n) is 3.42. The van der Waals surface area contributed by atoms with Gasteiger partial charge >= 0.3 is 0 Å². The van der Waals surface area contributed by atoms with Gasteiger partial charge in [0.2, 0.25) is 0 Å². The van der Waals surface area contributed by atoms with Crippen molar-refractivity contribution in [3.05, 3.63) is 35.4 Å². The minimum atomic E-state index is 0.0659. The predicted molar refractivity (Wildman–Crippen MR) is 52.5 cm³/mol. The third-order valence-electron chi connectivity index (χ3n) is 2.62. The highest BCUT2D eigenvalue weighted by Crippen LogP contribution is 2.30. The molecule has 2 atom stereocenters. The zero-order chi connectivity index (χ0) is 9.26. The molecule has 1 unspecified atom stereocenters. The summed E-state index contributed by atoms with van der Waals surface area (Å²) in [6, 6.07) is 8.39. The molecule has 1 aromatic rings. The van der Waals surface area contributed by atoms with Gasteiger partial charge in [0.25, 0.3) is 0 Å². The third-order valence-corrected chi connectivity index (χ3v) is 2.62. The Labute approximate surface area is 78.7 Å². The number of rotatable bonds is 2. The highest BCUT2D eigenvalue weighted by molar-refractivity contribution is 5.36. The Morgan fingerprint density at radius 1 is 1.46 bits per heavy atom. The number of ether oxygens (including phenoxy) is 1. The van der Waals surface area contributed by atoms with E-state index in [9.17, 15) is 0 Å².